The average Bonchev–Trinajstić information content (AvgIpc) is 2.35. The van der Waals surface area contributed by atoms with Gasteiger partial charge in [0.05, 0.1) is 5.56 Å². The zero-order chi connectivity index (χ0) is 13.1. The van der Waals surface area contributed by atoms with Crippen LogP contribution in [0.5, 0.6) is 0 Å². The van der Waals surface area contributed by atoms with E-state index in [1.54, 1.807) is 19.1 Å². The second-order valence-electron chi connectivity index (χ2n) is 4.86. The molecule has 0 bridgehead atoms. The van der Waals surface area contributed by atoms with Crippen molar-refractivity contribution in [3.05, 3.63) is 35.1 Å². The number of carbonyl (C=O) groups is 1. The first-order valence-corrected chi connectivity index (χ1v) is 7.19. The third-order valence-electron chi connectivity index (χ3n) is 3.43. The molecule has 1 amide bonds. The van der Waals surface area contributed by atoms with Crippen molar-refractivity contribution in [3.8, 4) is 0 Å². The van der Waals surface area contributed by atoms with Gasteiger partial charge in [-0.1, -0.05) is 28.1 Å². The zero-order valence-corrected chi connectivity index (χ0v) is 12.0. The SMILES string of the molecule is Cc1cccc(C(=O)NC2CCC(Br)CC2)c1F. The van der Waals surface area contributed by atoms with Crippen LogP contribution in [0.15, 0.2) is 18.2 Å². The summed E-state index contributed by atoms with van der Waals surface area (Å²) >= 11 is 3.58. The minimum Gasteiger partial charge on any atom is -0.349 e. The largest absolute Gasteiger partial charge is 0.349 e. The van der Waals surface area contributed by atoms with Crippen molar-refractivity contribution in [1.82, 2.24) is 5.32 Å². The fourth-order valence-corrected chi connectivity index (χ4v) is 2.81. The molecule has 1 aromatic carbocycles. The number of rotatable bonds is 2. The summed E-state index contributed by atoms with van der Waals surface area (Å²) in [6, 6.07) is 5.09. The van der Waals surface area contributed by atoms with Gasteiger partial charge in [0.2, 0.25) is 0 Å². The van der Waals surface area contributed by atoms with Crippen LogP contribution in [0.4, 0.5) is 4.39 Å². The number of hydrogen-bond donors (Lipinski definition) is 1. The molecule has 0 heterocycles. The highest BCUT2D eigenvalue weighted by atomic mass is 79.9. The van der Waals surface area contributed by atoms with Crippen molar-refractivity contribution < 1.29 is 9.18 Å². The Labute approximate surface area is 115 Å². The minimum atomic E-state index is -0.413. The van der Waals surface area contributed by atoms with Gasteiger partial charge in [0.25, 0.3) is 5.91 Å². The second-order valence-corrected chi connectivity index (χ2v) is 6.15. The maximum atomic E-state index is 13.8. The summed E-state index contributed by atoms with van der Waals surface area (Å²) in [6.07, 6.45) is 4.02. The normalized spacial score (nSPS) is 23.7. The molecule has 1 aliphatic rings. The van der Waals surface area contributed by atoms with Gasteiger partial charge in [0.15, 0.2) is 0 Å². The lowest BCUT2D eigenvalue weighted by Gasteiger charge is -2.26. The fourth-order valence-electron chi connectivity index (χ4n) is 2.28. The number of benzene rings is 1. The van der Waals surface area contributed by atoms with Crippen molar-refractivity contribution in [2.45, 2.75) is 43.5 Å². The number of amides is 1. The van der Waals surface area contributed by atoms with Gasteiger partial charge >= 0.3 is 0 Å². The van der Waals surface area contributed by atoms with Gasteiger partial charge in [-0.05, 0) is 44.2 Å². The predicted octanol–water partition coefficient (Wildman–Crippen LogP) is 3.57. The monoisotopic (exact) mass is 313 g/mol. The van der Waals surface area contributed by atoms with Crippen molar-refractivity contribution in [1.29, 1.82) is 0 Å². The van der Waals surface area contributed by atoms with Crippen LogP contribution in [0.1, 0.15) is 41.6 Å². The van der Waals surface area contributed by atoms with Crippen LogP contribution in [-0.2, 0) is 0 Å². The molecule has 0 spiro atoms. The molecule has 0 aliphatic heterocycles. The molecule has 4 heteroatoms. The maximum Gasteiger partial charge on any atom is 0.254 e. The van der Waals surface area contributed by atoms with Crippen LogP contribution >= 0.6 is 15.9 Å². The number of alkyl halides is 1. The predicted molar refractivity (Wildman–Crippen MR) is 73.6 cm³/mol. The molecule has 0 aromatic heterocycles. The summed E-state index contributed by atoms with van der Waals surface area (Å²) in [5, 5.41) is 2.92. The van der Waals surface area contributed by atoms with E-state index in [1.165, 1.54) is 6.07 Å². The zero-order valence-electron chi connectivity index (χ0n) is 10.4. The maximum absolute atomic E-state index is 13.8. The standard InChI is InChI=1S/C14H17BrFNO/c1-9-3-2-4-12(13(9)16)14(18)17-11-7-5-10(15)6-8-11/h2-4,10-11H,5-8H2,1H3,(H,17,18). The Morgan fingerprint density at radius 2 is 2.00 bits per heavy atom. The first kappa shape index (κ1) is 13.5. The van der Waals surface area contributed by atoms with E-state index in [0.717, 1.165) is 25.7 Å². The Hall–Kier alpha value is -0.900. The highest BCUT2D eigenvalue weighted by Gasteiger charge is 2.22. The molecule has 98 valence electrons. The molecule has 0 atom stereocenters. The van der Waals surface area contributed by atoms with E-state index >= 15 is 0 Å². The van der Waals surface area contributed by atoms with Gasteiger partial charge in [-0.3, -0.25) is 4.79 Å². The Balaban J connectivity index is 2.01. The number of aryl methyl sites for hydroxylation is 1. The quantitative estimate of drug-likeness (QED) is 0.831. The van der Waals surface area contributed by atoms with Crippen LogP contribution < -0.4 is 5.32 Å². The third kappa shape index (κ3) is 3.10. The summed E-state index contributed by atoms with van der Waals surface area (Å²) in [5.41, 5.74) is 0.655. The van der Waals surface area contributed by atoms with Crippen molar-refractivity contribution in [2.24, 2.45) is 0 Å². The van der Waals surface area contributed by atoms with Crippen molar-refractivity contribution in [2.75, 3.05) is 0 Å². The molecule has 1 aromatic rings. The van der Waals surface area contributed by atoms with Crippen LogP contribution in [-0.4, -0.2) is 16.8 Å². The Morgan fingerprint density at radius 1 is 1.33 bits per heavy atom. The lowest BCUT2D eigenvalue weighted by atomic mass is 9.95. The molecule has 1 N–H and O–H groups in total. The highest BCUT2D eigenvalue weighted by molar-refractivity contribution is 9.09. The topological polar surface area (TPSA) is 29.1 Å². The van der Waals surface area contributed by atoms with E-state index in [0.29, 0.717) is 10.4 Å². The van der Waals surface area contributed by atoms with Gasteiger partial charge in [-0.25, -0.2) is 4.39 Å². The molecular formula is C14H17BrFNO. The van der Waals surface area contributed by atoms with Crippen molar-refractivity contribution >= 4 is 21.8 Å². The van der Waals surface area contributed by atoms with Gasteiger partial charge < -0.3 is 5.32 Å². The van der Waals surface area contributed by atoms with Crippen LogP contribution in [0.2, 0.25) is 0 Å². The molecule has 0 unspecified atom stereocenters. The number of halogens is 2. The van der Waals surface area contributed by atoms with E-state index in [9.17, 15) is 9.18 Å². The molecule has 0 radical (unpaired) electrons. The average molecular weight is 314 g/mol. The van der Waals surface area contributed by atoms with Gasteiger partial charge in [-0.2, -0.15) is 0 Å². The summed E-state index contributed by atoms with van der Waals surface area (Å²) in [7, 11) is 0. The van der Waals surface area contributed by atoms with Crippen LogP contribution in [0.3, 0.4) is 0 Å². The summed E-state index contributed by atoms with van der Waals surface area (Å²) in [4.78, 5) is 12.6. The smallest absolute Gasteiger partial charge is 0.254 e. The summed E-state index contributed by atoms with van der Waals surface area (Å²) in [5.74, 6) is -0.710. The van der Waals surface area contributed by atoms with E-state index in [-0.39, 0.29) is 17.5 Å². The minimum absolute atomic E-state index is 0.149. The molecule has 2 rings (SSSR count). The third-order valence-corrected chi connectivity index (χ3v) is 4.34. The van der Waals surface area contributed by atoms with E-state index < -0.39 is 5.82 Å². The second kappa shape index (κ2) is 5.83. The molecular weight excluding hydrogens is 297 g/mol. The van der Waals surface area contributed by atoms with Crippen LogP contribution in [0, 0.1) is 12.7 Å². The number of carbonyl (C=O) groups excluding carboxylic acids is 1. The fraction of sp³-hybridized carbons (Fsp3) is 0.500. The summed E-state index contributed by atoms with van der Waals surface area (Å²) in [6.45, 7) is 1.67. The lowest BCUT2D eigenvalue weighted by Crippen LogP contribution is -2.38. The molecule has 2 nitrogen and oxygen atoms in total. The molecule has 18 heavy (non-hydrogen) atoms. The van der Waals surface area contributed by atoms with Gasteiger partial charge in [0.1, 0.15) is 5.82 Å². The Bertz CT molecular complexity index is 441. The van der Waals surface area contributed by atoms with Gasteiger partial charge in [-0.15, -0.1) is 0 Å². The van der Waals surface area contributed by atoms with Gasteiger partial charge in [0, 0.05) is 10.9 Å². The summed E-state index contributed by atoms with van der Waals surface area (Å²) < 4.78 is 13.8. The number of hydrogen-bond acceptors (Lipinski definition) is 1. The first-order valence-electron chi connectivity index (χ1n) is 6.28. The van der Waals surface area contributed by atoms with E-state index in [2.05, 4.69) is 21.2 Å². The van der Waals surface area contributed by atoms with E-state index in [1.807, 2.05) is 0 Å². The highest BCUT2D eigenvalue weighted by Crippen LogP contribution is 2.24. The molecule has 0 saturated heterocycles. The first-order chi connectivity index (χ1) is 8.58. The molecule has 1 aliphatic carbocycles. The number of nitrogens with one attached hydrogen (secondary N) is 1. The van der Waals surface area contributed by atoms with Crippen molar-refractivity contribution in [3.63, 3.8) is 0 Å². The Morgan fingerprint density at radius 3 is 2.67 bits per heavy atom. The molecule has 1 saturated carbocycles. The van der Waals surface area contributed by atoms with Crippen LogP contribution in [0.25, 0.3) is 0 Å². The Kier molecular flexibility index (Phi) is 4.38. The lowest BCUT2D eigenvalue weighted by molar-refractivity contribution is 0.0924. The molecule has 1 fully saturated rings. The van der Waals surface area contributed by atoms with E-state index in [4.69, 9.17) is 0 Å².